The lowest BCUT2D eigenvalue weighted by Gasteiger charge is -2.06. The van der Waals surface area contributed by atoms with E-state index in [4.69, 9.17) is 4.42 Å². The largest absolute Gasteiger partial charge is 0.459 e. The Hall–Kier alpha value is -3.61. The minimum absolute atomic E-state index is 0.104. The van der Waals surface area contributed by atoms with E-state index in [-0.39, 0.29) is 23.4 Å². The number of benzene rings is 1. The molecule has 2 heterocycles. The van der Waals surface area contributed by atoms with Crippen molar-refractivity contribution >= 4 is 23.3 Å². The van der Waals surface area contributed by atoms with E-state index in [9.17, 15) is 14.4 Å². The number of anilines is 1. The first-order valence-corrected chi connectivity index (χ1v) is 7.94. The lowest BCUT2D eigenvalue weighted by molar-refractivity contribution is 0.0945. The van der Waals surface area contributed by atoms with Crippen molar-refractivity contribution in [1.29, 1.82) is 0 Å². The lowest BCUT2D eigenvalue weighted by Crippen LogP contribution is -2.23. The Kier molecular flexibility index (Phi) is 4.98. The number of Topliss-reactive ketones (excluding diaryl/α,β-unsaturated/α-hetero) is 1. The summed E-state index contributed by atoms with van der Waals surface area (Å²) in [6.45, 7) is 1.76. The van der Waals surface area contributed by atoms with Gasteiger partial charge in [0.2, 0.25) is 0 Å². The van der Waals surface area contributed by atoms with Gasteiger partial charge in [0, 0.05) is 24.0 Å². The molecule has 7 nitrogen and oxygen atoms in total. The van der Waals surface area contributed by atoms with Gasteiger partial charge in [0.05, 0.1) is 6.26 Å². The fourth-order valence-electron chi connectivity index (χ4n) is 2.31. The Labute approximate surface area is 149 Å². The van der Waals surface area contributed by atoms with Crippen LogP contribution in [0.4, 0.5) is 5.69 Å². The Morgan fingerprint density at radius 3 is 2.46 bits per heavy atom. The van der Waals surface area contributed by atoms with Crippen molar-refractivity contribution in [1.82, 2.24) is 10.3 Å². The summed E-state index contributed by atoms with van der Waals surface area (Å²) < 4.78 is 5.03. The van der Waals surface area contributed by atoms with E-state index in [0.29, 0.717) is 23.5 Å². The Morgan fingerprint density at radius 1 is 1.08 bits per heavy atom. The fraction of sp³-hybridized carbons (Fsp3) is 0.105. The summed E-state index contributed by atoms with van der Waals surface area (Å²) in [7, 11) is 0. The van der Waals surface area contributed by atoms with Crippen LogP contribution in [0.2, 0.25) is 0 Å². The molecule has 3 rings (SSSR count). The molecule has 0 bridgehead atoms. The first-order chi connectivity index (χ1) is 12.5. The molecule has 0 saturated carbocycles. The molecule has 0 saturated heterocycles. The summed E-state index contributed by atoms with van der Waals surface area (Å²) in [6.07, 6.45) is 2.94. The number of furan rings is 1. The molecule has 132 valence electrons. The van der Waals surface area contributed by atoms with Gasteiger partial charge in [-0.3, -0.25) is 14.4 Å². The molecule has 0 spiro atoms. The number of carbonyl (C=O) groups excluding carboxylic acids is 3. The first kappa shape index (κ1) is 17.2. The van der Waals surface area contributed by atoms with E-state index in [0.717, 1.165) is 5.56 Å². The van der Waals surface area contributed by atoms with E-state index < -0.39 is 0 Å². The number of aromatic nitrogens is 1. The van der Waals surface area contributed by atoms with Crippen molar-refractivity contribution in [3.63, 3.8) is 0 Å². The van der Waals surface area contributed by atoms with Gasteiger partial charge in [0.25, 0.3) is 11.8 Å². The SMILES string of the molecule is CC(=O)c1c[nH]c(C(=O)NCc2ccc(NC(=O)c3ccco3)cc2)c1. The molecule has 0 aliphatic rings. The van der Waals surface area contributed by atoms with Gasteiger partial charge in [-0.05, 0) is 42.8 Å². The van der Waals surface area contributed by atoms with Gasteiger partial charge >= 0.3 is 0 Å². The van der Waals surface area contributed by atoms with Gasteiger partial charge in [-0.2, -0.15) is 0 Å². The molecular formula is C19H17N3O4. The second-order valence-corrected chi connectivity index (χ2v) is 5.67. The predicted molar refractivity (Wildman–Crippen MR) is 95.1 cm³/mol. The standard InChI is InChI=1S/C19H17N3O4/c1-12(23)14-9-16(20-11-14)18(24)21-10-13-4-6-15(7-5-13)22-19(25)17-3-2-8-26-17/h2-9,11,20H,10H2,1H3,(H,21,24)(H,22,25). The maximum Gasteiger partial charge on any atom is 0.291 e. The topological polar surface area (TPSA) is 104 Å². The van der Waals surface area contributed by atoms with Gasteiger partial charge in [0.1, 0.15) is 5.69 Å². The summed E-state index contributed by atoms with van der Waals surface area (Å²) in [5, 5.41) is 5.48. The third kappa shape index (κ3) is 4.07. The molecule has 7 heteroatoms. The van der Waals surface area contributed by atoms with Crippen LogP contribution >= 0.6 is 0 Å². The van der Waals surface area contributed by atoms with E-state index in [1.165, 1.54) is 25.5 Å². The number of ketones is 1. The number of amides is 2. The summed E-state index contributed by atoms with van der Waals surface area (Å²) in [6, 6.07) is 11.8. The van der Waals surface area contributed by atoms with Crippen LogP contribution in [0.25, 0.3) is 0 Å². The molecule has 3 aromatic rings. The normalized spacial score (nSPS) is 10.3. The van der Waals surface area contributed by atoms with Gasteiger partial charge in [-0.1, -0.05) is 12.1 Å². The van der Waals surface area contributed by atoms with Crippen molar-refractivity contribution in [3.8, 4) is 0 Å². The molecule has 0 radical (unpaired) electrons. The van der Waals surface area contributed by atoms with Crippen molar-refractivity contribution in [3.05, 3.63) is 77.5 Å². The Bertz CT molecular complexity index is 924. The van der Waals surface area contributed by atoms with Gasteiger partial charge in [-0.25, -0.2) is 0 Å². The minimum Gasteiger partial charge on any atom is -0.459 e. The highest BCUT2D eigenvalue weighted by Crippen LogP contribution is 2.12. The molecule has 1 aromatic carbocycles. The van der Waals surface area contributed by atoms with Crippen LogP contribution < -0.4 is 10.6 Å². The van der Waals surface area contributed by atoms with E-state index >= 15 is 0 Å². The zero-order chi connectivity index (χ0) is 18.5. The second kappa shape index (κ2) is 7.52. The van der Waals surface area contributed by atoms with Crippen LogP contribution in [-0.2, 0) is 6.54 Å². The average molecular weight is 351 g/mol. The molecule has 3 N–H and O–H groups in total. The molecule has 0 fully saturated rings. The van der Waals surface area contributed by atoms with Gasteiger partial charge in [-0.15, -0.1) is 0 Å². The summed E-state index contributed by atoms with van der Waals surface area (Å²) in [4.78, 5) is 38.0. The minimum atomic E-state index is -0.330. The van der Waals surface area contributed by atoms with Crippen LogP contribution in [0.15, 0.2) is 59.3 Å². The van der Waals surface area contributed by atoms with Crippen LogP contribution in [0.3, 0.4) is 0 Å². The lowest BCUT2D eigenvalue weighted by atomic mass is 10.2. The van der Waals surface area contributed by atoms with Crippen LogP contribution in [0.1, 0.15) is 43.9 Å². The molecule has 0 unspecified atom stereocenters. The highest BCUT2D eigenvalue weighted by Gasteiger charge is 2.11. The third-order valence-corrected chi connectivity index (χ3v) is 3.74. The predicted octanol–water partition coefficient (Wildman–Crippen LogP) is 2.99. The number of hydrogen-bond acceptors (Lipinski definition) is 4. The molecule has 0 aliphatic heterocycles. The zero-order valence-corrected chi connectivity index (χ0v) is 14.0. The highest BCUT2D eigenvalue weighted by atomic mass is 16.3. The van der Waals surface area contributed by atoms with Gasteiger partial charge in [0.15, 0.2) is 11.5 Å². The van der Waals surface area contributed by atoms with Crippen LogP contribution in [0, 0.1) is 0 Å². The third-order valence-electron chi connectivity index (χ3n) is 3.74. The quantitative estimate of drug-likeness (QED) is 0.594. The van der Waals surface area contributed by atoms with Crippen molar-refractivity contribution < 1.29 is 18.8 Å². The van der Waals surface area contributed by atoms with Crippen LogP contribution in [0.5, 0.6) is 0 Å². The molecular weight excluding hydrogens is 334 g/mol. The molecule has 26 heavy (non-hydrogen) atoms. The first-order valence-electron chi connectivity index (χ1n) is 7.94. The zero-order valence-electron chi connectivity index (χ0n) is 14.0. The van der Waals surface area contributed by atoms with Gasteiger partial charge < -0.3 is 20.0 Å². The van der Waals surface area contributed by atoms with Crippen molar-refractivity contribution in [2.75, 3.05) is 5.32 Å². The maximum atomic E-state index is 12.1. The molecule has 2 amide bonds. The van der Waals surface area contributed by atoms with E-state index in [2.05, 4.69) is 15.6 Å². The molecule has 0 atom stereocenters. The summed E-state index contributed by atoms with van der Waals surface area (Å²) in [5.74, 6) is -0.499. The van der Waals surface area contributed by atoms with E-state index in [1.54, 1.807) is 36.4 Å². The van der Waals surface area contributed by atoms with Crippen molar-refractivity contribution in [2.24, 2.45) is 0 Å². The van der Waals surface area contributed by atoms with E-state index in [1.807, 2.05) is 0 Å². The second-order valence-electron chi connectivity index (χ2n) is 5.67. The number of H-pyrrole nitrogens is 1. The van der Waals surface area contributed by atoms with Crippen LogP contribution in [-0.4, -0.2) is 22.6 Å². The Balaban J connectivity index is 1.54. The van der Waals surface area contributed by atoms with Crippen molar-refractivity contribution in [2.45, 2.75) is 13.5 Å². The fourth-order valence-corrected chi connectivity index (χ4v) is 2.31. The number of hydrogen-bond donors (Lipinski definition) is 3. The number of carbonyl (C=O) groups is 3. The molecule has 0 aliphatic carbocycles. The Morgan fingerprint density at radius 2 is 1.85 bits per heavy atom. The number of nitrogens with one attached hydrogen (secondary N) is 3. The highest BCUT2D eigenvalue weighted by molar-refractivity contribution is 6.02. The smallest absolute Gasteiger partial charge is 0.291 e. The number of aromatic amines is 1. The summed E-state index contributed by atoms with van der Waals surface area (Å²) in [5.41, 5.74) is 2.29. The monoisotopic (exact) mass is 351 g/mol. The maximum absolute atomic E-state index is 12.1. The molecule has 2 aromatic heterocycles. The average Bonchev–Trinajstić information content (AvgIpc) is 3.32. The summed E-state index contributed by atoms with van der Waals surface area (Å²) >= 11 is 0. The number of rotatable bonds is 6.